The quantitative estimate of drug-likeness (QED) is 0.143. The summed E-state index contributed by atoms with van der Waals surface area (Å²) in [5.41, 5.74) is -2.14. The molecule has 38 heavy (non-hydrogen) atoms. The molecule has 0 aliphatic rings. The van der Waals surface area contributed by atoms with E-state index in [0.717, 1.165) is 24.3 Å². The predicted molar refractivity (Wildman–Crippen MR) is 138 cm³/mol. The van der Waals surface area contributed by atoms with Crippen molar-refractivity contribution in [3.05, 3.63) is 73.7 Å². The highest BCUT2D eigenvalue weighted by molar-refractivity contribution is 7.91. The van der Waals surface area contributed by atoms with Gasteiger partial charge in [-0.1, -0.05) is 66.0 Å². The Morgan fingerprint density at radius 2 is 1.61 bits per heavy atom. The van der Waals surface area contributed by atoms with E-state index in [9.17, 15) is 39.6 Å². The lowest BCUT2D eigenvalue weighted by Gasteiger charge is -2.22. The van der Waals surface area contributed by atoms with Crippen LogP contribution < -0.4 is 0 Å². The maximum Gasteiger partial charge on any atom is 0.417 e. The third-order valence-electron chi connectivity index (χ3n) is 5.50. The number of carbonyl (C=O) groups is 1. The van der Waals surface area contributed by atoms with Gasteiger partial charge < -0.3 is 0 Å². The third-order valence-corrected chi connectivity index (χ3v) is 8.55. The molecular weight excluding hydrogens is 601 g/mol. The first-order chi connectivity index (χ1) is 17.4. The fourth-order valence-electron chi connectivity index (χ4n) is 3.80. The van der Waals surface area contributed by atoms with Crippen LogP contribution in [0.4, 0.5) is 26.3 Å². The van der Waals surface area contributed by atoms with Gasteiger partial charge in [-0.3, -0.25) is 4.79 Å². The first-order valence-corrected chi connectivity index (χ1v) is 14.0. The minimum Gasteiger partial charge on any atom is -0.294 e. The minimum atomic E-state index is -4.97. The summed E-state index contributed by atoms with van der Waals surface area (Å²) in [4.78, 5) is 12.6. The third kappa shape index (κ3) is 8.89. The molecule has 210 valence electrons. The molecule has 13 heteroatoms. The second-order valence-electron chi connectivity index (χ2n) is 8.93. The Labute approximate surface area is 231 Å². The Hall–Kier alpha value is -1.75. The molecule has 0 spiro atoms. The predicted octanol–water partition coefficient (Wildman–Crippen LogP) is 8.71. The van der Waals surface area contributed by atoms with Gasteiger partial charge >= 0.3 is 6.18 Å². The highest BCUT2D eigenvalue weighted by atomic mass is 35.5. The van der Waals surface area contributed by atoms with E-state index in [1.165, 1.54) is 19.1 Å². The van der Waals surface area contributed by atoms with Crippen molar-refractivity contribution in [2.45, 2.75) is 38.3 Å². The molecule has 0 radical (unpaired) electrons. The normalized spacial score (nSPS) is 14.6. The number of hydrogen-bond donors (Lipinski definition) is 0. The average Bonchev–Trinajstić information content (AvgIpc) is 2.75. The lowest BCUT2D eigenvalue weighted by atomic mass is 9.91. The Bertz CT molecular complexity index is 1280. The highest BCUT2D eigenvalue weighted by Crippen LogP contribution is 2.40. The fraction of sp³-hybridized carbons (Fsp3) is 0.400. The molecule has 0 saturated carbocycles. The van der Waals surface area contributed by atoms with Crippen LogP contribution in [0.3, 0.4) is 0 Å². The van der Waals surface area contributed by atoms with Crippen molar-refractivity contribution < 1.29 is 39.6 Å². The van der Waals surface area contributed by atoms with E-state index in [-0.39, 0.29) is 26.2 Å². The number of carbonyl (C=O) groups excluding carboxylic acids is 1. The molecule has 0 aromatic heterocycles. The number of rotatable bonds is 11. The number of alkyl halides is 6. The second kappa shape index (κ2) is 12.6. The molecule has 0 aliphatic carbocycles. The van der Waals surface area contributed by atoms with E-state index in [2.05, 4.69) is 0 Å². The van der Waals surface area contributed by atoms with Gasteiger partial charge in [0.2, 0.25) is 0 Å². The lowest BCUT2D eigenvalue weighted by Crippen LogP contribution is -2.21. The Morgan fingerprint density at radius 3 is 2.11 bits per heavy atom. The summed E-state index contributed by atoms with van der Waals surface area (Å²) in [6.45, 7) is 0.869. The first-order valence-electron chi connectivity index (χ1n) is 11.1. The summed E-state index contributed by atoms with van der Waals surface area (Å²) >= 11 is 17.8. The smallest absolute Gasteiger partial charge is 0.294 e. The first kappa shape index (κ1) is 32.5. The van der Waals surface area contributed by atoms with Gasteiger partial charge in [0.25, 0.3) is 5.92 Å². The van der Waals surface area contributed by atoms with Crippen molar-refractivity contribution in [2.24, 2.45) is 5.92 Å². The zero-order valence-corrected chi connectivity index (χ0v) is 23.1. The largest absolute Gasteiger partial charge is 0.417 e. The zero-order chi connectivity index (χ0) is 29.1. The van der Waals surface area contributed by atoms with Crippen LogP contribution in [0, 0.1) is 5.92 Å². The summed E-state index contributed by atoms with van der Waals surface area (Å²) < 4.78 is 106. The van der Waals surface area contributed by atoms with Gasteiger partial charge in [0, 0.05) is 18.9 Å². The van der Waals surface area contributed by atoms with Gasteiger partial charge in [-0.2, -0.15) is 13.2 Å². The van der Waals surface area contributed by atoms with Gasteiger partial charge in [0.05, 0.1) is 38.1 Å². The van der Waals surface area contributed by atoms with Crippen LogP contribution in [0.2, 0.25) is 15.1 Å². The van der Waals surface area contributed by atoms with Crippen LogP contribution in [0.25, 0.3) is 6.08 Å². The van der Waals surface area contributed by atoms with Crippen LogP contribution in [0.15, 0.2) is 36.4 Å². The molecule has 0 bridgehead atoms. The summed E-state index contributed by atoms with van der Waals surface area (Å²) in [6, 6.07) is 5.06. The maximum atomic E-state index is 14.4. The van der Waals surface area contributed by atoms with Gasteiger partial charge in [0.1, 0.15) is 6.67 Å². The van der Waals surface area contributed by atoms with Crippen LogP contribution in [-0.2, 0) is 16.0 Å². The molecule has 0 saturated heterocycles. The van der Waals surface area contributed by atoms with Crippen molar-refractivity contribution in [3.8, 4) is 0 Å². The number of benzene rings is 2. The van der Waals surface area contributed by atoms with Gasteiger partial charge in [0.15, 0.2) is 15.6 Å². The SMILES string of the molecule is C[C@@H](CC(=O)c1ccc(/C=C/C(c2cc(Cl)c(Cl)c(Cl)c2)C(C)(F)F)cc1C(F)(F)F)CS(=O)(=O)CCF. The van der Waals surface area contributed by atoms with Crippen LogP contribution >= 0.6 is 34.8 Å². The second-order valence-corrected chi connectivity index (χ2v) is 12.4. The van der Waals surface area contributed by atoms with Crippen molar-refractivity contribution in [1.29, 1.82) is 0 Å². The van der Waals surface area contributed by atoms with E-state index in [1.807, 2.05) is 0 Å². The molecule has 2 atom stereocenters. The van der Waals surface area contributed by atoms with E-state index in [4.69, 9.17) is 34.8 Å². The summed E-state index contributed by atoms with van der Waals surface area (Å²) in [6.07, 6.45) is -3.45. The fourth-order valence-corrected chi connectivity index (χ4v) is 5.80. The van der Waals surface area contributed by atoms with E-state index in [1.54, 1.807) is 0 Å². The maximum absolute atomic E-state index is 14.4. The van der Waals surface area contributed by atoms with Gasteiger partial charge in [-0.25, -0.2) is 21.6 Å². The highest BCUT2D eigenvalue weighted by Gasteiger charge is 2.36. The monoisotopic (exact) mass is 622 g/mol. The molecule has 0 heterocycles. The summed E-state index contributed by atoms with van der Waals surface area (Å²) in [5.74, 6) is -8.11. The van der Waals surface area contributed by atoms with E-state index >= 15 is 0 Å². The van der Waals surface area contributed by atoms with Crippen molar-refractivity contribution in [1.82, 2.24) is 0 Å². The average molecular weight is 624 g/mol. The van der Waals surface area contributed by atoms with Gasteiger partial charge in [-0.15, -0.1) is 0 Å². The molecule has 3 nitrogen and oxygen atoms in total. The standard InChI is InChI=1S/C25H23Cl3F6O3S/c1-14(13-38(36,37)8-7-29)9-22(35)17-5-3-15(10-19(17)25(32,33)34)4-6-18(24(2,30)31)16-11-20(26)23(28)21(27)12-16/h3-6,10-12,14,18H,7-9,13H2,1-2H3/b6-4+/t14-,18?/m0/s1. The Kier molecular flexibility index (Phi) is 10.8. The molecule has 2 rings (SSSR count). The molecule has 2 aromatic carbocycles. The molecule has 0 fully saturated rings. The van der Waals surface area contributed by atoms with Crippen molar-refractivity contribution in [3.63, 3.8) is 0 Å². The van der Waals surface area contributed by atoms with Gasteiger partial charge in [-0.05, 0) is 35.2 Å². The molecule has 0 amide bonds. The summed E-state index contributed by atoms with van der Waals surface area (Å²) in [5, 5.41) is -0.194. The van der Waals surface area contributed by atoms with Crippen LogP contribution in [0.5, 0.6) is 0 Å². The van der Waals surface area contributed by atoms with Crippen LogP contribution in [-0.4, -0.2) is 38.3 Å². The minimum absolute atomic E-state index is 0.0207. The number of allylic oxidation sites excluding steroid dienone is 1. The number of hydrogen-bond acceptors (Lipinski definition) is 3. The molecule has 0 aliphatic heterocycles. The number of halogens is 9. The zero-order valence-electron chi connectivity index (χ0n) is 20.1. The van der Waals surface area contributed by atoms with E-state index < -0.39 is 75.3 Å². The Balaban J connectivity index is 2.41. The Morgan fingerprint density at radius 1 is 1.03 bits per heavy atom. The lowest BCUT2D eigenvalue weighted by molar-refractivity contribution is -0.137. The molecular formula is C25H23Cl3F6O3S. The number of Topliss-reactive ketones (excluding diaryl/α,β-unsaturated/α-hetero) is 1. The number of sulfone groups is 1. The van der Waals surface area contributed by atoms with E-state index in [0.29, 0.717) is 13.0 Å². The van der Waals surface area contributed by atoms with Crippen molar-refractivity contribution in [2.75, 3.05) is 18.2 Å². The number of ketones is 1. The molecule has 0 N–H and O–H groups in total. The van der Waals surface area contributed by atoms with Crippen molar-refractivity contribution >= 4 is 56.5 Å². The molecule has 2 aromatic rings. The molecule has 1 unspecified atom stereocenters. The summed E-state index contributed by atoms with van der Waals surface area (Å²) in [7, 11) is -3.81. The topological polar surface area (TPSA) is 51.2 Å². The van der Waals surface area contributed by atoms with Crippen LogP contribution in [0.1, 0.15) is 53.2 Å².